The van der Waals surface area contributed by atoms with Crippen molar-refractivity contribution in [1.82, 2.24) is 9.97 Å². The Labute approximate surface area is 186 Å². The van der Waals surface area contributed by atoms with Gasteiger partial charge in [0.25, 0.3) is 0 Å². The number of unbranched alkanes of at least 4 members (excludes halogenated alkanes) is 7. The van der Waals surface area contributed by atoms with Crippen molar-refractivity contribution in [1.29, 1.82) is 0 Å². The summed E-state index contributed by atoms with van der Waals surface area (Å²) in [5.74, 6) is 0.777. The molecule has 0 unspecified atom stereocenters. The van der Waals surface area contributed by atoms with E-state index in [-0.39, 0.29) is 0 Å². The third-order valence-corrected chi connectivity index (χ3v) is 5.13. The van der Waals surface area contributed by atoms with Crippen molar-refractivity contribution in [3.63, 3.8) is 0 Å². The van der Waals surface area contributed by atoms with Gasteiger partial charge in [0.2, 0.25) is 5.28 Å². The minimum Gasteiger partial charge on any atom is -0.485 e. The van der Waals surface area contributed by atoms with E-state index in [1.165, 1.54) is 38.5 Å². The van der Waals surface area contributed by atoms with E-state index in [1.807, 2.05) is 25.1 Å². The van der Waals surface area contributed by atoms with Crippen molar-refractivity contribution >= 4 is 11.6 Å². The summed E-state index contributed by atoms with van der Waals surface area (Å²) in [5.41, 5.74) is 2.85. The first kappa shape index (κ1) is 24.6. The van der Waals surface area contributed by atoms with Crippen LogP contribution in [0.5, 0.6) is 5.75 Å². The average molecular weight is 435 g/mol. The normalized spacial score (nSPS) is 11.0. The van der Waals surface area contributed by atoms with Gasteiger partial charge in [-0.15, -0.1) is 0 Å². The van der Waals surface area contributed by atoms with Gasteiger partial charge >= 0.3 is 0 Å². The van der Waals surface area contributed by atoms with E-state index < -0.39 is 0 Å². The molecule has 0 atom stereocenters. The van der Waals surface area contributed by atoms with Gasteiger partial charge in [-0.25, -0.2) is 9.97 Å². The molecule has 0 aliphatic heterocycles. The second-order valence-electron chi connectivity index (χ2n) is 7.52. The highest BCUT2D eigenvalue weighted by molar-refractivity contribution is 6.28. The number of halogens is 1. The van der Waals surface area contributed by atoms with E-state index in [0.717, 1.165) is 48.6 Å². The van der Waals surface area contributed by atoms with Gasteiger partial charge in [-0.2, -0.15) is 0 Å². The second kappa shape index (κ2) is 15.2. The van der Waals surface area contributed by atoms with Gasteiger partial charge in [-0.05, 0) is 43.4 Å². The van der Waals surface area contributed by atoms with Crippen LogP contribution in [0.4, 0.5) is 0 Å². The molecule has 0 radical (unpaired) electrons. The van der Waals surface area contributed by atoms with Crippen LogP contribution in [0.15, 0.2) is 30.3 Å². The van der Waals surface area contributed by atoms with Crippen LogP contribution in [0.2, 0.25) is 5.28 Å². The predicted molar refractivity (Wildman–Crippen MR) is 121 cm³/mol. The fourth-order valence-electron chi connectivity index (χ4n) is 3.37. The third-order valence-electron chi connectivity index (χ3n) is 4.96. The van der Waals surface area contributed by atoms with E-state index in [1.54, 1.807) is 7.11 Å². The van der Waals surface area contributed by atoms with Crippen molar-refractivity contribution in [2.45, 2.75) is 71.3 Å². The molecular weight excluding hydrogens is 400 g/mol. The monoisotopic (exact) mass is 434 g/mol. The molecule has 0 amide bonds. The largest absolute Gasteiger partial charge is 0.485 e. The molecule has 0 saturated heterocycles. The van der Waals surface area contributed by atoms with E-state index >= 15 is 0 Å². The number of benzene rings is 1. The Morgan fingerprint density at radius 3 is 2.23 bits per heavy atom. The zero-order valence-electron chi connectivity index (χ0n) is 18.4. The molecule has 166 valence electrons. The Balaban J connectivity index is 1.66. The SMILES string of the molecule is COCOCCCCCCCCCCc1nc(Cl)nc(C)c1OCc1ccccc1. The molecule has 0 bridgehead atoms. The Morgan fingerprint density at radius 1 is 0.867 bits per heavy atom. The molecule has 0 N–H and O–H groups in total. The highest BCUT2D eigenvalue weighted by atomic mass is 35.5. The lowest BCUT2D eigenvalue weighted by molar-refractivity contribution is -0.0315. The van der Waals surface area contributed by atoms with Gasteiger partial charge in [-0.3, -0.25) is 0 Å². The number of aromatic nitrogens is 2. The maximum absolute atomic E-state index is 6.10. The van der Waals surface area contributed by atoms with E-state index in [4.69, 9.17) is 25.8 Å². The van der Waals surface area contributed by atoms with Crippen LogP contribution < -0.4 is 4.74 Å². The van der Waals surface area contributed by atoms with Crippen LogP contribution in [0, 0.1) is 6.92 Å². The number of hydrogen-bond donors (Lipinski definition) is 0. The number of ether oxygens (including phenoxy) is 3. The summed E-state index contributed by atoms with van der Waals surface area (Å²) in [5, 5.41) is 0.295. The first-order valence-corrected chi connectivity index (χ1v) is 11.3. The van der Waals surface area contributed by atoms with Gasteiger partial charge in [0.15, 0.2) is 5.75 Å². The predicted octanol–water partition coefficient (Wildman–Crippen LogP) is 6.30. The fourth-order valence-corrected chi connectivity index (χ4v) is 3.60. The van der Waals surface area contributed by atoms with E-state index in [0.29, 0.717) is 18.7 Å². The van der Waals surface area contributed by atoms with Crippen LogP contribution in [0.25, 0.3) is 0 Å². The molecule has 0 saturated carbocycles. The minimum atomic E-state index is 0.295. The zero-order valence-corrected chi connectivity index (χ0v) is 19.1. The lowest BCUT2D eigenvalue weighted by Crippen LogP contribution is -2.05. The lowest BCUT2D eigenvalue weighted by Gasteiger charge is -2.13. The molecule has 2 rings (SSSR count). The van der Waals surface area contributed by atoms with Crippen molar-refractivity contribution in [2.24, 2.45) is 0 Å². The van der Waals surface area contributed by atoms with Gasteiger partial charge in [0, 0.05) is 13.7 Å². The molecule has 6 heteroatoms. The molecule has 1 aromatic carbocycles. The van der Waals surface area contributed by atoms with Crippen LogP contribution >= 0.6 is 11.6 Å². The Hall–Kier alpha value is -1.69. The smallest absolute Gasteiger partial charge is 0.223 e. The number of rotatable bonds is 16. The quantitative estimate of drug-likeness (QED) is 0.176. The minimum absolute atomic E-state index is 0.295. The number of hydrogen-bond acceptors (Lipinski definition) is 5. The van der Waals surface area contributed by atoms with Gasteiger partial charge in [-0.1, -0.05) is 68.9 Å². The van der Waals surface area contributed by atoms with Crippen molar-refractivity contribution in [3.05, 3.63) is 52.6 Å². The van der Waals surface area contributed by atoms with Crippen LogP contribution in [-0.4, -0.2) is 30.5 Å². The van der Waals surface area contributed by atoms with Crippen molar-refractivity contribution < 1.29 is 14.2 Å². The molecular formula is C24H35ClN2O3. The second-order valence-corrected chi connectivity index (χ2v) is 7.86. The highest BCUT2D eigenvalue weighted by Crippen LogP contribution is 2.25. The molecule has 1 heterocycles. The molecule has 5 nitrogen and oxygen atoms in total. The third kappa shape index (κ3) is 9.88. The van der Waals surface area contributed by atoms with Gasteiger partial charge in [0.1, 0.15) is 13.4 Å². The number of aryl methyl sites for hydroxylation is 2. The summed E-state index contributed by atoms with van der Waals surface area (Å²) in [7, 11) is 1.65. The van der Waals surface area contributed by atoms with E-state index in [2.05, 4.69) is 22.1 Å². The molecule has 30 heavy (non-hydrogen) atoms. The van der Waals surface area contributed by atoms with Crippen molar-refractivity contribution in [3.8, 4) is 5.75 Å². The highest BCUT2D eigenvalue weighted by Gasteiger charge is 2.12. The van der Waals surface area contributed by atoms with Gasteiger partial charge in [0.05, 0.1) is 11.4 Å². The van der Waals surface area contributed by atoms with E-state index in [9.17, 15) is 0 Å². The molecule has 0 aliphatic carbocycles. The molecule has 0 fully saturated rings. The van der Waals surface area contributed by atoms with Crippen LogP contribution in [0.3, 0.4) is 0 Å². The fraction of sp³-hybridized carbons (Fsp3) is 0.583. The van der Waals surface area contributed by atoms with Crippen LogP contribution in [-0.2, 0) is 22.5 Å². The summed E-state index contributed by atoms with van der Waals surface area (Å²) in [6.07, 6.45) is 10.6. The molecule has 2 aromatic rings. The summed E-state index contributed by atoms with van der Waals surface area (Å²) in [6, 6.07) is 10.1. The maximum Gasteiger partial charge on any atom is 0.223 e. The van der Waals surface area contributed by atoms with Gasteiger partial charge < -0.3 is 14.2 Å². The summed E-state index contributed by atoms with van der Waals surface area (Å²) in [6.45, 7) is 3.63. The Bertz CT molecular complexity index is 713. The summed E-state index contributed by atoms with van der Waals surface area (Å²) < 4.78 is 16.2. The van der Waals surface area contributed by atoms with Crippen molar-refractivity contribution in [2.75, 3.05) is 20.5 Å². The zero-order chi connectivity index (χ0) is 21.4. The van der Waals surface area contributed by atoms with Crippen LogP contribution in [0.1, 0.15) is 68.3 Å². The Kier molecular flexibility index (Phi) is 12.4. The first-order valence-electron chi connectivity index (χ1n) is 11.0. The Morgan fingerprint density at radius 2 is 1.53 bits per heavy atom. The maximum atomic E-state index is 6.10. The average Bonchev–Trinajstić information content (AvgIpc) is 2.74. The number of nitrogens with zero attached hydrogens (tertiary/aromatic N) is 2. The molecule has 1 aromatic heterocycles. The number of methoxy groups -OCH3 is 1. The standard InChI is InChI=1S/C24H35ClN2O3/c1-20-23(30-18-21-14-10-9-11-15-21)22(27-24(25)26-20)16-12-7-5-3-4-6-8-13-17-29-19-28-2/h9-11,14-15H,3-8,12-13,16-19H2,1-2H3. The lowest BCUT2D eigenvalue weighted by atomic mass is 10.1. The summed E-state index contributed by atoms with van der Waals surface area (Å²) in [4.78, 5) is 8.71. The first-order chi connectivity index (χ1) is 14.7. The molecule has 0 spiro atoms. The molecule has 0 aliphatic rings. The topological polar surface area (TPSA) is 53.5 Å². The summed E-state index contributed by atoms with van der Waals surface area (Å²) >= 11 is 6.10.